The minimum Gasteiger partial charge on any atom is -0.387 e. The molecule has 0 saturated heterocycles. The van der Waals surface area contributed by atoms with Gasteiger partial charge in [-0.05, 0) is 25.3 Å². The van der Waals surface area contributed by atoms with Crippen molar-refractivity contribution in [2.75, 3.05) is 6.54 Å². The Labute approximate surface area is 121 Å². The molecule has 4 heteroatoms. The van der Waals surface area contributed by atoms with Crippen LogP contribution in [-0.4, -0.2) is 23.6 Å². The van der Waals surface area contributed by atoms with Gasteiger partial charge in [0.15, 0.2) is 0 Å². The lowest BCUT2D eigenvalue weighted by atomic mass is 10.0. The van der Waals surface area contributed by atoms with Gasteiger partial charge in [0.1, 0.15) is 0 Å². The minimum atomic E-state index is -0.656. The van der Waals surface area contributed by atoms with Gasteiger partial charge in [0.2, 0.25) is 5.91 Å². The highest BCUT2D eigenvalue weighted by molar-refractivity contribution is 5.78. The number of benzene rings is 1. The standard InChI is InChI=1S/C16H26N2O2/c1-12(7-6-8-13(2)17)16(20)18-11-15(19)14-9-4-3-5-10-14/h3-5,9-10,12-13,15,19H,6-8,11,17H2,1-2H3,(H,18,20). The molecule has 3 unspecified atom stereocenters. The van der Waals surface area contributed by atoms with Crippen LogP contribution in [0.15, 0.2) is 30.3 Å². The predicted octanol–water partition coefficient (Wildman–Crippen LogP) is 1.99. The van der Waals surface area contributed by atoms with Gasteiger partial charge in [-0.15, -0.1) is 0 Å². The summed E-state index contributed by atoms with van der Waals surface area (Å²) in [4.78, 5) is 11.9. The Morgan fingerprint density at radius 1 is 1.25 bits per heavy atom. The molecule has 1 rings (SSSR count). The maximum atomic E-state index is 11.9. The van der Waals surface area contributed by atoms with Crippen LogP contribution in [0.25, 0.3) is 0 Å². The first kappa shape index (κ1) is 16.7. The van der Waals surface area contributed by atoms with E-state index >= 15 is 0 Å². The Hall–Kier alpha value is -1.39. The smallest absolute Gasteiger partial charge is 0.222 e. The fourth-order valence-corrected chi connectivity index (χ4v) is 2.04. The van der Waals surface area contributed by atoms with Gasteiger partial charge in [0, 0.05) is 18.5 Å². The van der Waals surface area contributed by atoms with Crippen LogP contribution in [0.2, 0.25) is 0 Å². The molecule has 0 aromatic heterocycles. The molecule has 112 valence electrons. The summed E-state index contributed by atoms with van der Waals surface area (Å²) in [5.74, 6) is -0.0543. The second-order valence-electron chi connectivity index (χ2n) is 5.48. The topological polar surface area (TPSA) is 75.4 Å². The molecule has 1 amide bonds. The zero-order valence-corrected chi connectivity index (χ0v) is 12.4. The molecule has 4 nitrogen and oxygen atoms in total. The summed E-state index contributed by atoms with van der Waals surface area (Å²) >= 11 is 0. The maximum Gasteiger partial charge on any atom is 0.222 e. The van der Waals surface area contributed by atoms with Crippen LogP contribution in [-0.2, 0) is 4.79 Å². The van der Waals surface area contributed by atoms with Gasteiger partial charge in [-0.25, -0.2) is 0 Å². The predicted molar refractivity (Wildman–Crippen MR) is 81.1 cm³/mol. The van der Waals surface area contributed by atoms with E-state index < -0.39 is 6.10 Å². The van der Waals surface area contributed by atoms with Crippen LogP contribution in [0.3, 0.4) is 0 Å². The van der Waals surface area contributed by atoms with Crippen molar-refractivity contribution in [3.05, 3.63) is 35.9 Å². The third-order valence-electron chi connectivity index (χ3n) is 3.40. The Bertz CT molecular complexity index is 393. The quantitative estimate of drug-likeness (QED) is 0.680. The van der Waals surface area contributed by atoms with Crippen LogP contribution in [0.1, 0.15) is 44.8 Å². The SMILES string of the molecule is CC(N)CCCC(C)C(=O)NCC(O)c1ccccc1. The highest BCUT2D eigenvalue weighted by Crippen LogP contribution is 2.12. The van der Waals surface area contributed by atoms with Gasteiger partial charge in [-0.2, -0.15) is 0 Å². The van der Waals surface area contributed by atoms with Crippen LogP contribution in [0.4, 0.5) is 0 Å². The lowest BCUT2D eigenvalue weighted by molar-refractivity contribution is -0.125. The van der Waals surface area contributed by atoms with Gasteiger partial charge >= 0.3 is 0 Å². The fraction of sp³-hybridized carbons (Fsp3) is 0.562. The van der Waals surface area contributed by atoms with E-state index in [9.17, 15) is 9.90 Å². The van der Waals surface area contributed by atoms with Crippen molar-refractivity contribution in [3.63, 3.8) is 0 Å². The summed E-state index contributed by atoms with van der Waals surface area (Å²) in [5.41, 5.74) is 6.50. The van der Waals surface area contributed by atoms with Crippen molar-refractivity contribution in [2.24, 2.45) is 11.7 Å². The van der Waals surface area contributed by atoms with E-state index in [1.165, 1.54) is 0 Å². The Morgan fingerprint density at radius 2 is 1.90 bits per heavy atom. The van der Waals surface area contributed by atoms with E-state index in [-0.39, 0.29) is 24.4 Å². The number of hydrogen-bond donors (Lipinski definition) is 3. The van der Waals surface area contributed by atoms with E-state index in [4.69, 9.17) is 5.73 Å². The Morgan fingerprint density at radius 3 is 2.50 bits per heavy atom. The molecule has 4 N–H and O–H groups in total. The van der Waals surface area contributed by atoms with Crippen molar-refractivity contribution in [1.82, 2.24) is 5.32 Å². The van der Waals surface area contributed by atoms with E-state index in [0.717, 1.165) is 24.8 Å². The Balaban J connectivity index is 2.28. The third kappa shape index (κ3) is 6.17. The van der Waals surface area contributed by atoms with Crippen molar-refractivity contribution < 1.29 is 9.90 Å². The monoisotopic (exact) mass is 278 g/mol. The molecule has 3 atom stereocenters. The molecule has 0 aliphatic heterocycles. The zero-order valence-electron chi connectivity index (χ0n) is 12.4. The maximum absolute atomic E-state index is 11.9. The zero-order chi connectivity index (χ0) is 15.0. The highest BCUT2D eigenvalue weighted by Gasteiger charge is 2.14. The molecule has 0 aliphatic rings. The number of hydrogen-bond acceptors (Lipinski definition) is 3. The van der Waals surface area contributed by atoms with Crippen molar-refractivity contribution in [3.8, 4) is 0 Å². The van der Waals surface area contributed by atoms with Crippen LogP contribution in [0.5, 0.6) is 0 Å². The van der Waals surface area contributed by atoms with Gasteiger partial charge in [0.25, 0.3) is 0 Å². The summed E-state index contributed by atoms with van der Waals surface area (Å²) in [5, 5.41) is 12.8. The summed E-state index contributed by atoms with van der Waals surface area (Å²) < 4.78 is 0. The fourth-order valence-electron chi connectivity index (χ4n) is 2.04. The lowest BCUT2D eigenvalue weighted by Gasteiger charge is -2.16. The van der Waals surface area contributed by atoms with Crippen molar-refractivity contribution in [2.45, 2.75) is 45.3 Å². The molecule has 0 heterocycles. The van der Waals surface area contributed by atoms with Gasteiger partial charge < -0.3 is 16.2 Å². The minimum absolute atomic E-state index is 0.00958. The van der Waals surface area contributed by atoms with E-state index in [2.05, 4.69) is 5.32 Å². The van der Waals surface area contributed by atoms with Crippen LogP contribution < -0.4 is 11.1 Å². The van der Waals surface area contributed by atoms with Gasteiger partial charge in [-0.3, -0.25) is 4.79 Å². The number of aliphatic hydroxyl groups is 1. The average molecular weight is 278 g/mol. The number of nitrogens with two attached hydrogens (primary N) is 1. The molecule has 0 aliphatic carbocycles. The second kappa shape index (κ2) is 8.72. The van der Waals surface area contributed by atoms with Crippen molar-refractivity contribution in [1.29, 1.82) is 0 Å². The highest BCUT2D eigenvalue weighted by atomic mass is 16.3. The summed E-state index contributed by atoms with van der Waals surface area (Å²) in [7, 11) is 0. The first-order valence-corrected chi connectivity index (χ1v) is 7.27. The number of carbonyl (C=O) groups is 1. The van der Waals surface area contributed by atoms with E-state index in [0.29, 0.717) is 0 Å². The second-order valence-corrected chi connectivity index (χ2v) is 5.48. The third-order valence-corrected chi connectivity index (χ3v) is 3.40. The number of nitrogens with one attached hydrogen (secondary N) is 1. The van der Waals surface area contributed by atoms with Gasteiger partial charge in [-0.1, -0.05) is 43.7 Å². The molecular weight excluding hydrogens is 252 g/mol. The molecule has 0 spiro atoms. The summed E-state index contributed by atoms with van der Waals surface area (Å²) in [6, 6.07) is 9.53. The van der Waals surface area contributed by atoms with Gasteiger partial charge in [0.05, 0.1) is 6.10 Å². The molecule has 20 heavy (non-hydrogen) atoms. The molecule has 0 saturated carbocycles. The van der Waals surface area contributed by atoms with Crippen LogP contribution in [0, 0.1) is 5.92 Å². The molecule has 1 aromatic carbocycles. The summed E-state index contributed by atoms with van der Waals surface area (Å²) in [6.07, 6.45) is 2.06. The van der Waals surface area contributed by atoms with E-state index in [1.54, 1.807) is 0 Å². The van der Waals surface area contributed by atoms with E-state index in [1.807, 2.05) is 44.2 Å². The molecule has 0 radical (unpaired) electrons. The number of aliphatic hydroxyl groups excluding tert-OH is 1. The largest absolute Gasteiger partial charge is 0.387 e. The molecule has 0 bridgehead atoms. The lowest BCUT2D eigenvalue weighted by Crippen LogP contribution is -2.32. The molecular formula is C16H26N2O2. The Kier molecular flexibility index (Phi) is 7.26. The molecule has 1 aromatic rings. The summed E-state index contributed by atoms with van der Waals surface area (Å²) in [6.45, 7) is 4.13. The number of carbonyl (C=O) groups excluding carboxylic acids is 1. The first-order chi connectivity index (χ1) is 9.50. The van der Waals surface area contributed by atoms with Crippen LogP contribution >= 0.6 is 0 Å². The normalized spacial score (nSPS) is 15.4. The molecule has 0 fully saturated rings. The van der Waals surface area contributed by atoms with Crippen molar-refractivity contribution >= 4 is 5.91 Å². The number of rotatable bonds is 8. The average Bonchev–Trinajstić information content (AvgIpc) is 2.44. The number of amides is 1. The first-order valence-electron chi connectivity index (χ1n) is 7.27.